The summed E-state index contributed by atoms with van der Waals surface area (Å²) in [5, 5.41) is 11.3. The van der Waals surface area contributed by atoms with Crippen molar-refractivity contribution < 1.29 is 14.3 Å². The van der Waals surface area contributed by atoms with Crippen LogP contribution in [0.4, 0.5) is 0 Å². The predicted octanol–water partition coefficient (Wildman–Crippen LogP) is 2.87. The number of nitriles is 1. The minimum Gasteiger partial charge on any atom is -0.494 e. The summed E-state index contributed by atoms with van der Waals surface area (Å²) in [7, 11) is 0. The molecule has 1 amide bonds. The van der Waals surface area contributed by atoms with Crippen molar-refractivity contribution in [3.8, 4) is 11.8 Å². The zero-order valence-electron chi connectivity index (χ0n) is 17.2. The number of nitrogens with two attached hydrogens (primary N) is 1. The number of nitrogens with one attached hydrogen (secondary N) is 1. The van der Waals surface area contributed by atoms with Gasteiger partial charge in [0.25, 0.3) is 0 Å². The van der Waals surface area contributed by atoms with Crippen LogP contribution in [0.3, 0.4) is 0 Å². The number of nitrogens with zero attached hydrogens (tertiary/aromatic N) is 2. The van der Waals surface area contributed by atoms with E-state index in [0.29, 0.717) is 36.5 Å². The molecule has 1 aliphatic heterocycles. The summed E-state index contributed by atoms with van der Waals surface area (Å²) in [5.41, 5.74) is 10.9. The minimum absolute atomic E-state index is 0.0364. The molecule has 0 bridgehead atoms. The largest absolute Gasteiger partial charge is 0.494 e. The van der Waals surface area contributed by atoms with E-state index in [4.69, 9.17) is 10.5 Å². The first-order valence-electron chi connectivity index (χ1n) is 9.64. The molecule has 1 unspecified atom stereocenters. The van der Waals surface area contributed by atoms with Crippen LogP contribution < -0.4 is 15.9 Å². The number of hydrogen-bond donors (Lipinski definition) is 2. The SMILES string of the molecule is CCOc1ccc(C2C(C#N)=C(N)N(NC(C)=O)C3=C2C(=O)CC(C)(C)C3)cc1. The summed E-state index contributed by atoms with van der Waals surface area (Å²) in [6, 6.07) is 9.51. The summed E-state index contributed by atoms with van der Waals surface area (Å²) >= 11 is 0. The fraction of sp³-hybridized carbons (Fsp3) is 0.409. The second kappa shape index (κ2) is 7.63. The predicted molar refractivity (Wildman–Crippen MR) is 108 cm³/mol. The van der Waals surface area contributed by atoms with Gasteiger partial charge < -0.3 is 10.5 Å². The van der Waals surface area contributed by atoms with Gasteiger partial charge in [-0.2, -0.15) is 5.26 Å². The lowest BCUT2D eigenvalue weighted by molar-refractivity contribution is -0.123. The standard InChI is InChI=1S/C22H26N4O3/c1-5-29-15-8-6-14(7-9-15)19-16(12-23)21(24)26(25-13(2)27)17-10-22(3,4)11-18(28)20(17)19/h6-9,19H,5,10-11,24H2,1-4H3,(H,25,27). The van der Waals surface area contributed by atoms with Crippen LogP contribution in [0, 0.1) is 16.7 Å². The third-order valence-electron chi connectivity index (χ3n) is 5.17. The molecule has 1 aromatic rings. The molecule has 1 heterocycles. The van der Waals surface area contributed by atoms with Crippen LogP contribution in [-0.4, -0.2) is 23.3 Å². The lowest BCUT2D eigenvalue weighted by Crippen LogP contribution is -2.49. The van der Waals surface area contributed by atoms with Gasteiger partial charge in [-0.25, -0.2) is 5.01 Å². The highest BCUT2D eigenvalue weighted by Crippen LogP contribution is 2.48. The Labute approximate surface area is 170 Å². The number of amides is 1. The summed E-state index contributed by atoms with van der Waals surface area (Å²) in [4.78, 5) is 25.0. The number of ketones is 1. The number of Topliss-reactive ketones (excluding diaryl/α,β-unsaturated/α-hetero) is 1. The van der Waals surface area contributed by atoms with E-state index >= 15 is 0 Å². The van der Waals surface area contributed by atoms with Gasteiger partial charge in [0.15, 0.2) is 5.78 Å². The molecule has 3 rings (SSSR count). The highest BCUT2D eigenvalue weighted by Gasteiger charge is 2.44. The molecule has 3 N–H and O–H groups in total. The van der Waals surface area contributed by atoms with Gasteiger partial charge in [-0.05, 0) is 36.5 Å². The maximum Gasteiger partial charge on any atom is 0.235 e. The molecule has 0 radical (unpaired) electrons. The Balaban J connectivity index is 2.19. The van der Waals surface area contributed by atoms with Crippen LogP contribution in [0.1, 0.15) is 52.0 Å². The number of ether oxygens (including phenoxy) is 1. The fourth-order valence-corrected chi connectivity index (χ4v) is 4.05. The Morgan fingerprint density at radius 3 is 2.55 bits per heavy atom. The number of benzene rings is 1. The molecular formula is C22H26N4O3. The highest BCUT2D eigenvalue weighted by atomic mass is 16.5. The topological polar surface area (TPSA) is 108 Å². The molecule has 1 atom stereocenters. The number of hydrogen-bond acceptors (Lipinski definition) is 6. The van der Waals surface area contributed by atoms with Gasteiger partial charge in [0.05, 0.1) is 29.9 Å². The van der Waals surface area contributed by atoms with E-state index in [1.807, 2.05) is 45.0 Å². The molecule has 7 nitrogen and oxygen atoms in total. The molecular weight excluding hydrogens is 368 g/mol. The zero-order valence-corrected chi connectivity index (χ0v) is 17.2. The van der Waals surface area contributed by atoms with Crippen LogP contribution in [0.15, 0.2) is 46.9 Å². The number of carbonyl (C=O) groups is 2. The lowest BCUT2D eigenvalue weighted by atomic mass is 9.69. The first kappa shape index (κ1) is 20.5. The van der Waals surface area contributed by atoms with Gasteiger partial charge in [-0.1, -0.05) is 26.0 Å². The van der Waals surface area contributed by atoms with E-state index in [1.165, 1.54) is 11.9 Å². The minimum atomic E-state index is -0.570. The molecule has 1 aromatic carbocycles. The van der Waals surface area contributed by atoms with Crippen molar-refractivity contribution >= 4 is 11.7 Å². The third kappa shape index (κ3) is 3.83. The molecule has 29 heavy (non-hydrogen) atoms. The van der Waals surface area contributed by atoms with Gasteiger partial charge in [0.2, 0.25) is 5.91 Å². The van der Waals surface area contributed by atoms with Gasteiger partial charge in [-0.3, -0.25) is 15.0 Å². The van der Waals surface area contributed by atoms with Crippen LogP contribution >= 0.6 is 0 Å². The molecule has 0 fully saturated rings. The number of carbonyl (C=O) groups excluding carboxylic acids is 2. The van der Waals surface area contributed by atoms with Gasteiger partial charge in [0.1, 0.15) is 11.6 Å². The van der Waals surface area contributed by atoms with Crippen molar-refractivity contribution in [3.63, 3.8) is 0 Å². The lowest BCUT2D eigenvalue weighted by Gasteiger charge is -2.43. The number of rotatable bonds is 4. The van der Waals surface area contributed by atoms with Crippen molar-refractivity contribution in [2.75, 3.05) is 6.61 Å². The molecule has 7 heteroatoms. The van der Waals surface area contributed by atoms with Crippen LogP contribution in [0.2, 0.25) is 0 Å². The van der Waals surface area contributed by atoms with E-state index in [0.717, 1.165) is 5.56 Å². The zero-order chi connectivity index (χ0) is 21.3. The average Bonchev–Trinajstić information content (AvgIpc) is 2.63. The maximum absolute atomic E-state index is 13.2. The van der Waals surface area contributed by atoms with Crippen molar-refractivity contribution in [2.24, 2.45) is 11.1 Å². The van der Waals surface area contributed by atoms with Crippen molar-refractivity contribution in [3.05, 3.63) is 52.5 Å². The number of allylic oxidation sites excluding steroid dienone is 3. The summed E-state index contributed by atoms with van der Waals surface area (Å²) in [6.45, 7) is 7.84. The first-order valence-corrected chi connectivity index (χ1v) is 9.64. The fourth-order valence-electron chi connectivity index (χ4n) is 4.05. The van der Waals surface area contributed by atoms with Gasteiger partial charge in [-0.15, -0.1) is 0 Å². The second-order valence-electron chi connectivity index (χ2n) is 8.15. The molecule has 2 aliphatic rings. The van der Waals surface area contributed by atoms with E-state index in [2.05, 4.69) is 11.5 Å². The Morgan fingerprint density at radius 1 is 1.34 bits per heavy atom. The maximum atomic E-state index is 13.2. The van der Waals surface area contributed by atoms with E-state index in [-0.39, 0.29) is 28.5 Å². The first-order chi connectivity index (χ1) is 13.7. The van der Waals surface area contributed by atoms with Crippen molar-refractivity contribution in [2.45, 2.75) is 46.5 Å². The van der Waals surface area contributed by atoms with Crippen molar-refractivity contribution in [1.82, 2.24) is 10.4 Å². The Bertz CT molecular complexity index is 951. The smallest absolute Gasteiger partial charge is 0.235 e. The highest BCUT2D eigenvalue weighted by molar-refractivity contribution is 6.00. The van der Waals surface area contributed by atoms with E-state index in [9.17, 15) is 14.9 Å². The molecule has 0 saturated carbocycles. The molecule has 0 spiro atoms. The number of hydrazine groups is 1. The molecule has 0 aromatic heterocycles. The summed E-state index contributed by atoms with van der Waals surface area (Å²) < 4.78 is 5.50. The Kier molecular flexibility index (Phi) is 5.38. The van der Waals surface area contributed by atoms with Crippen molar-refractivity contribution in [1.29, 1.82) is 5.26 Å². The normalized spacial score (nSPS) is 20.9. The second-order valence-corrected chi connectivity index (χ2v) is 8.15. The third-order valence-corrected chi connectivity index (χ3v) is 5.17. The molecule has 152 valence electrons. The van der Waals surface area contributed by atoms with Crippen LogP contribution in [-0.2, 0) is 9.59 Å². The van der Waals surface area contributed by atoms with Gasteiger partial charge in [0, 0.05) is 18.9 Å². The van der Waals surface area contributed by atoms with Crippen LogP contribution in [0.5, 0.6) is 5.75 Å². The Morgan fingerprint density at radius 2 is 2.00 bits per heavy atom. The molecule has 1 aliphatic carbocycles. The van der Waals surface area contributed by atoms with E-state index < -0.39 is 5.92 Å². The van der Waals surface area contributed by atoms with E-state index in [1.54, 1.807) is 0 Å². The summed E-state index contributed by atoms with van der Waals surface area (Å²) in [6.07, 6.45) is 0.924. The van der Waals surface area contributed by atoms with Gasteiger partial charge >= 0.3 is 0 Å². The monoisotopic (exact) mass is 394 g/mol. The molecule has 0 saturated heterocycles. The summed E-state index contributed by atoms with van der Waals surface area (Å²) in [5.74, 6) is -0.0732. The quantitative estimate of drug-likeness (QED) is 0.813. The average molecular weight is 394 g/mol. The van der Waals surface area contributed by atoms with Crippen LogP contribution in [0.25, 0.3) is 0 Å². The Hall–Kier alpha value is -3.27.